The molecule has 298 valence electrons. The number of aryl methyl sites for hydroxylation is 2. The first-order chi connectivity index (χ1) is 27.0. The number of hydrogen-bond acceptors (Lipinski definition) is 10. The smallest absolute Gasteiger partial charge is 0.226 e. The molecule has 2 aliphatic rings. The Morgan fingerprint density at radius 3 is 1.14 bits per heavy atom. The molecule has 2 amide bonds. The zero-order chi connectivity index (χ0) is 39.9. The van der Waals surface area contributed by atoms with Gasteiger partial charge in [0.05, 0.1) is 40.3 Å². The summed E-state index contributed by atoms with van der Waals surface area (Å²) in [7, 11) is 5.85. The molecule has 2 N–H and O–H groups in total. The van der Waals surface area contributed by atoms with E-state index < -0.39 is 11.8 Å². The van der Waals surface area contributed by atoms with Gasteiger partial charge in [-0.15, -0.1) is 0 Å². The van der Waals surface area contributed by atoms with E-state index in [1.54, 1.807) is 24.3 Å². The van der Waals surface area contributed by atoms with Gasteiger partial charge in [-0.3, -0.25) is 9.59 Å². The van der Waals surface area contributed by atoms with E-state index in [1.165, 1.54) is 39.6 Å². The maximum atomic E-state index is 15.1. The molecule has 2 saturated heterocycles. The third kappa shape index (κ3) is 8.85. The first-order valence-electron chi connectivity index (χ1n) is 19.1. The molecule has 0 radical (unpaired) electrons. The lowest BCUT2D eigenvalue weighted by Gasteiger charge is -2.41. The Bertz CT molecular complexity index is 1810. The number of ether oxygens (including phenoxy) is 4. The number of rotatable bonds is 13. The molecule has 0 bridgehead atoms. The molecule has 2 aliphatic heterocycles. The maximum Gasteiger partial charge on any atom is 0.226 e. The monoisotopic (exact) mass is 766 g/mol. The van der Waals surface area contributed by atoms with Crippen LogP contribution in [0.1, 0.15) is 22.3 Å². The summed E-state index contributed by atoms with van der Waals surface area (Å²) in [5.41, 5.74) is 5.93. The van der Waals surface area contributed by atoms with E-state index in [2.05, 4.69) is 60.0 Å². The second-order valence-corrected chi connectivity index (χ2v) is 14.6. The molecule has 4 aromatic carbocycles. The molecular formula is C44H54N4O8. The summed E-state index contributed by atoms with van der Waals surface area (Å²) in [4.78, 5) is 38.5. The van der Waals surface area contributed by atoms with Crippen molar-refractivity contribution in [3.63, 3.8) is 0 Å². The zero-order valence-corrected chi connectivity index (χ0v) is 33.3. The van der Waals surface area contributed by atoms with Crippen LogP contribution in [0.15, 0.2) is 72.8 Å². The topological polar surface area (TPSA) is 124 Å². The summed E-state index contributed by atoms with van der Waals surface area (Å²) < 4.78 is 22.0. The highest BCUT2D eigenvalue weighted by Crippen LogP contribution is 2.41. The quantitative estimate of drug-likeness (QED) is 0.181. The minimum absolute atomic E-state index is 0.130. The van der Waals surface area contributed by atoms with Gasteiger partial charge in [-0.25, -0.2) is 0 Å². The average molecular weight is 767 g/mol. The number of nitrogens with zero attached hydrogens (tertiary/aromatic N) is 4. The van der Waals surface area contributed by atoms with Gasteiger partial charge < -0.3 is 48.8 Å². The van der Waals surface area contributed by atoms with Gasteiger partial charge in [-0.05, 0) is 97.5 Å². The van der Waals surface area contributed by atoms with Crippen molar-refractivity contribution in [2.75, 3.05) is 90.6 Å². The number of amides is 2. The summed E-state index contributed by atoms with van der Waals surface area (Å²) in [6, 6.07) is 23.5. The fourth-order valence-corrected chi connectivity index (χ4v) is 7.93. The predicted molar refractivity (Wildman–Crippen MR) is 217 cm³/mol. The number of benzene rings is 4. The van der Waals surface area contributed by atoms with Gasteiger partial charge in [0.2, 0.25) is 23.3 Å². The van der Waals surface area contributed by atoms with Crippen LogP contribution in [0, 0.1) is 25.7 Å². The minimum atomic E-state index is -0.812. The fourth-order valence-electron chi connectivity index (χ4n) is 7.93. The number of aromatic hydroxyl groups is 2. The van der Waals surface area contributed by atoms with E-state index in [-0.39, 0.29) is 59.2 Å². The summed E-state index contributed by atoms with van der Waals surface area (Å²) in [5, 5.41) is 21.5. The van der Waals surface area contributed by atoms with Crippen molar-refractivity contribution in [3.8, 4) is 34.5 Å². The number of carbonyl (C=O) groups excluding carboxylic acids is 2. The molecule has 2 atom stereocenters. The van der Waals surface area contributed by atoms with Gasteiger partial charge in [0, 0.05) is 63.7 Å². The second-order valence-electron chi connectivity index (χ2n) is 14.6. The van der Waals surface area contributed by atoms with E-state index in [0.29, 0.717) is 63.5 Å². The number of phenolic OH excluding ortho intramolecular Hbond substituents is 2. The van der Waals surface area contributed by atoms with Gasteiger partial charge in [0.15, 0.2) is 23.0 Å². The molecule has 12 nitrogen and oxygen atoms in total. The van der Waals surface area contributed by atoms with Crippen molar-refractivity contribution >= 4 is 23.2 Å². The lowest BCUT2D eigenvalue weighted by molar-refractivity contribution is -0.146. The minimum Gasteiger partial charge on any atom is -0.502 e. The van der Waals surface area contributed by atoms with Crippen molar-refractivity contribution in [1.82, 2.24) is 9.80 Å². The van der Waals surface area contributed by atoms with Crippen LogP contribution >= 0.6 is 0 Å². The van der Waals surface area contributed by atoms with Crippen LogP contribution in [-0.4, -0.2) is 113 Å². The van der Waals surface area contributed by atoms with Gasteiger partial charge >= 0.3 is 0 Å². The van der Waals surface area contributed by atoms with E-state index in [4.69, 9.17) is 18.9 Å². The summed E-state index contributed by atoms with van der Waals surface area (Å²) in [6.45, 7) is 8.68. The zero-order valence-electron chi connectivity index (χ0n) is 33.3. The number of piperazine rings is 2. The fraction of sp³-hybridized carbons (Fsp3) is 0.409. The molecule has 0 aliphatic carbocycles. The van der Waals surface area contributed by atoms with E-state index >= 15 is 9.59 Å². The normalized spacial score (nSPS) is 15.6. The van der Waals surface area contributed by atoms with Crippen LogP contribution in [-0.2, 0) is 22.4 Å². The van der Waals surface area contributed by atoms with Crippen LogP contribution in [0.3, 0.4) is 0 Å². The Balaban J connectivity index is 1.37. The van der Waals surface area contributed by atoms with Crippen molar-refractivity contribution in [3.05, 3.63) is 95.1 Å². The summed E-state index contributed by atoms with van der Waals surface area (Å²) >= 11 is 0. The number of carbonyl (C=O) groups is 2. The second kappa shape index (κ2) is 17.8. The Kier molecular flexibility index (Phi) is 12.7. The SMILES string of the molecule is COc1cc(C[C@H](C(=O)N2CCN(c3cccc(C)c3)CC2)[C@@H](Cc2cc(OC)c(O)c(OC)c2)C(=O)N2CCN(c3cccc(C)c3)CC2)cc(OC)c1O. The Morgan fingerprint density at radius 1 is 0.536 bits per heavy atom. The van der Waals surface area contributed by atoms with Crippen LogP contribution in [0.2, 0.25) is 0 Å². The first kappa shape index (κ1) is 39.9. The highest BCUT2D eigenvalue weighted by molar-refractivity contribution is 5.89. The lowest BCUT2D eigenvalue weighted by atomic mass is 9.80. The third-order valence-corrected chi connectivity index (χ3v) is 11.0. The highest BCUT2D eigenvalue weighted by atomic mass is 16.5. The van der Waals surface area contributed by atoms with Crippen LogP contribution < -0.4 is 28.7 Å². The van der Waals surface area contributed by atoms with Crippen LogP contribution in [0.25, 0.3) is 0 Å². The van der Waals surface area contributed by atoms with Crippen LogP contribution in [0.5, 0.6) is 34.5 Å². The largest absolute Gasteiger partial charge is 0.502 e. The lowest BCUT2D eigenvalue weighted by Crippen LogP contribution is -2.55. The van der Waals surface area contributed by atoms with E-state index in [0.717, 1.165) is 11.4 Å². The van der Waals surface area contributed by atoms with Gasteiger partial charge in [0.1, 0.15) is 0 Å². The molecule has 6 rings (SSSR count). The van der Waals surface area contributed by atoms with Gasteiger partial charge in [-0.1, -0.05) is 24.3 Å². The standard InChI is InChI=1S/C44H54N4O8/c1-29-9-7-11-33(21-29)45-13-17-47(18-14-45)43(51)35(23-31-25-37(53-3)41(49)38(26-31)54-4)36(24-32-27-39(55-5)42(50)40(28-32)56-6)44(52)48-19-15-46(16-20-48)34-12-8-10-30(2)22-34/h7-12,21-22,25-28,35-36,49-50H,13-20,23-24H2,1-6H3/t35-,36+. The van der Waals surface area contributed by atoms with Crippen molar-refractivity contribution in [2.45, 2.75) is 26.7 Å². The maximum absolute atomic E-state index is 15.1. The average Bonchev–Trinajstić information content (AvgIpc) is 3.22. The van der Waals surface area contributed by atoms with Crippen molar-refractivity contribution < 1.29 is 38.7 Å². The molecule has 2 heterocycles. The molecule has 0 aromatic heterocycles. The molecule has 0 unspecified atom stereocenters. The summed E-state index contributed by atoms with van der Waals surface area (Å²) in [6.07, 6.45) is 0.353. The number of anilines is 2. The predicted octanol–water partition coefficient (Wildman–Crippen LogP) is 5.46. The van der Waals surface area contributed by atoms with E-state index in [1.807, 2.05) is 21.9 Å². The Hall–Kier alpha value is -5.78. The number of hydrogen-bond donors (Lipinski definition) is 2. The molecule has 56 heavy (non-hydrogen) atoms. The molecule has 2 fully saturated rings. The van der Waals surface area contributed by atoms with Crippen molar-refractivity contribution in [2.24, 2.45) is 11.8 Å². The van der Waals surface area contributed by atoms with Crippen molar-refractivity contribution in [1.29, 1.82) is 0 Å². The highest BCUT2D eigenvalue weighted by Gasteiger charge is 2.40. The third-order valence-electron chi connectivity index (χ3n) is 11.0. The van der Waals surface area contributed by atoms with E-state index in [9.17, 15) is 10.2 Å². The number of methoxy groups -OCH3 is 4. The molecule has 4 aromatic rings. The number of phenols is 2. The first-order valence-corrected chi connectivity index (χ1v) is 19.1. The Morgan fingerprint density at radius 2 is 0.857 bits per heavy atom. The van der Waals surface area contributed by atoms with Crippen LogP contribution in [0.4, 0.5) is 11.4 Å². The Labute approximate surface area is 329 Å². The molecule has 0 saturated carbocycles. The summed E-state index contributed by atoms with van der Waals surface area (Å²) in [5.74, 6) is -1.33. The molecular weight excluding hydrogens is 713 g/mol. The molecule has 12 heteroatoms. The van der Waals surface area contributed by atoms with Gasteiger partial charge in [0.25, 0.3) is 0 Å². The molecule has 0 spiro atoms. The van der Waals surface area contributed by atoms with Gasteiger partial charge in [-0.2, -0.15) is 0 Å².